The number of pyridine rings is 1. The zero-order valence-corrected chi connectivity index (χ0v) is 17.2. The summed E-state index contributed by atoms with van der Waals surface area (Å²) >= 11 is 0. The van der Waals surface area contributed by atoms with Crippen molar-refractivity contribution < 1.29 is 9.53 Å². The number of nitrogens with zero attached hydrogens (tertiary/aromatic N) is 4. The summed E-state index contributed by atoms with van der Waals surface area (Å²) in [4.78, 5) is 32.4. The van der Waals surface area contributed by atoms with Gasteiger partial charge in [-0.3, -0.25) is 14.0 Å². The number of likely N-dealkylation sites (tertiary alicyclic amines) is 1. The Morgan fingerprint density at radius 2 is 1.87 bits per heavy atom. The van der Waals surface area contributed by atoms with E-state index in [9.17, 15) is 14.9 Å². The van der Waals surface area contributed by atoms with E-state index in [1.165, 1.54) is 10.5 Å². The Hall–Kier alpha value is -3.92. The Bertz CT molecular complexity index is 1250. The Balaban J connectivity index is 1.86. The quantitative estimate of drug-likeness (QED) is 0.480. The minimum absolute atomic E-state index is 0.0599. The molecule has 1 aliphatic rings. The van der Waals surface area contributed by atoms with Crippen LogP contribution in [0.25, 0.3) is 11.7 Å². The van der Waals surface area contributed by atoms with Crippen molar-refractivity contribution in [1.82, 2.24) is 14.3 Å². The fraction of sp³-hybridized carbons (Fsp3) is 0.250. The largest absolute Gasteiger partial charge is 0.438 e. The van der Waals surface area contributed by atoms with Gasteiger partial charge in [0, 0.05) is 19.3 Å². The van der Waals surface area contributed by atoms with Gasteiger partial charge in [0.1, 0.15) is 28.6 Å². The zero-order valence-electron chi connectivity index (χ0n) is 17.2. The second kappa shape index (κ2) is 8.84. The van der Waals surface area contributed by atoms with Gasteiger partial charge in [-0.15, -0.1) is 0 Å². The van der Waals surface area contributed by atoms with Crippen molar-refractivity contribution in [2.45, 2.75) is 26.2 Å². The molecule has 0 saturated carbocycles. The molecular weight excluding hydrogens is 392 g/mol. The third-order valence-corrected chi connectivity index (χ3v) is 5.29. The number of fused-ring (bicyclic) bond motifs is 1. The van der Waals surface area contributed by atoms with Gasteiger partial charge >= 0.3 is 0 Å². The van der Waals surface area contributed by atoms with Crippen LogP contribution in [-0.4, -0.2) is 33.3 Å². The number of benzene rings is 1. The molecule has 4 rings (SSSR count). The molecule has 0 atom stereocenters. The van der Waals surface area contributed by atoms with Crippen molar-refractivity contribution >= 4 is 17.6 Å². The lowest BCUT2D eigenvalue weighted by Gasteiger charge is -2.26. The molecule has 0 unspecified atom stereocenters. The Kier molecular flexibility index (Phi) is 5.80. The second-order valence-electron chi connectivity index (χ2n) is 7.46. The zero-order chi connectivity index (χ0) is 21.8. The van der Waals surface area contributed by atoms with Crippen LogP contribution in [0, 0.1) is 18.3 Å². The molecule has 0 spiro atoms. The predicted molar refractivity (Wildman–Crippen MR) is 117 cm³/mol. The van der Waals surface area contributed by atoms with Crippen LogP contribution in [-0.2, 0) is 4.79 Å². The summed E-state index contributed by atoms with van der Waals surface area (Å²) in [6, 6.07) is 14.5. The molecule has 3 heterocycles. The molecule has 0 radical (unpaired) electrons. The van der Waals surface area contributed by atoms with Crippen LogP contribution in [0.15, 0.2) is 59.0 Å². The Morgan fingerprint density at radius 1 is 1.13 bits per heavy atom. The molecule has 0 N–H and O–H groups in total. The third kappa shape index (κ3) is 4.19. The lowest BCUT2D eigenvalue weighted by molar-refractivity contribution is -0.127. The molecule has 31 heavy (non-hydrogen) atoms. The molecular formula is C24H22N4O3. The number of nitriles is 1. The Morgan fingerprint density at radius 3 is 2.58 bits per heavy atom. The maximum Gasteiger partial charge on any atom is 0.269 e. The van der Waals surface area contributed by atoms with E-state index >= 15 is 0 Å². The van der Waals surface area contributed by atoms with Crippen LogP contribution in [0.1, 0.15) is 30.4 Å². The SMILES string of the molecule is Cc1cccn2c(=O)c(/C=C(/C#N)C(=O)N3CCCCC3)c(Oc3ccccc3)nc12. The van der Waals surface area contributed by atoms with Gasteiger partial charge in [0.05, 0.1) is 0 Å². The normalized spacial score (nSPS) is 14.3. The number of carbonyl (C=O) groups is 1. The van der Waals surface area contributed by atoms with Gasteiger partial charge in [0.25, 0.3) is 11.5 Å². The van der Waals surface area contributed by atoms with E-state index in [4.69, 9.17) is 4.74 Å². The van der Waals surface area contributed by atoms with Crippen molar-refractivity contribution in [3.8, 4) is 17.7 Å². The smallest absolute Gasteiger partial charge is 0.269 e. The molecule has 1 aliphatic heterocycles. The molecule has 0 bridgehead atoms. The molecule has 1 saturated heterocycles. The number of hydrogen-bond donors (Lipinski definition) is 0. The number of piperidine rings is 1. The number of aryl methyl sites for hydroxylation is 1. The number of para-hydroxylation sites is 1. The van der Waals surface area contributed by atoms with E-state index in [2.05, 4.69) is 4.98 Å². The number of amides is 1. The van der Waals surface area contributed by atoms with Crippen molar-refractivity contribution in [2.75, 3.05) is 13.1 Å². The van der Waals surface area contributed by atoms with E-state index in [1.807, 2.05) is 37.3 Å². The third-order valence-electron chi connectivity index (χ3n) is 5.29. The van der Waals surface area contributed by atoms with Crippen molar-refractivity contribution in [3.63, 3.8) is 0 Å². The van der Waals surface area contributed by atoms with E-state index in [0.717, 1.165) is 24.8 Å². The fourth-order valence-corrected chi connectivity index (χ4v) is 3.65. The van der Waals surface area contributed by atoms with Gasteiger partial charge in [-0.25, -0.2) is 0 Å². The first-order valence-electron chi connectivity index (χ1n) is 10.2. The molecule has 2 aromatic heterocycles. The first-order chi connectivity index (χ1) is 15.1. The van der Waals surface area contributed by atoms with E-state index < -0.39 is 5.56 Å². The highest BCUT2D eigenvalue weighted by molar-refractivity contribution is 6.02. The molecule has 3 aromatic rings. The summed E-state index contributed by atoms with van der Waals surface area (Å²) < 4.78 is 7.32. The molecule has 1 fully saturated rings. The summed E-state index contributed by atoms with van der Waals surface area (Å²) in [7, 11) is 0. The van der Waals surface area contributed by atoms with Gasteiger partial charge in [-0.1, -0.05) is 24.3 Å². The van der Waals surface area contributed by atoms with E-state index in [-0.39, 0.29) is 22.9 Å². The summed E-state index contributed by atoms with van der Waals surface area (Å²) in [5.74, 6) is 0.189. The van der Waals surface area contributed by atoms with Crippen LogP contribution >= 0.6 is 0 Å². The van der Waals surface area contributed by atoms with Gasteiger partial charge < -0.3 is 9.64 Å². The topological polar surface area (TPSA) is 87.7 Å². The number of rotatable bonds is 4. The summed E-state index contributed by atoms with van der Waals surface area (Å²) in [6.07, 6.45) is 5.80. The number of ether oxygens (including phenoxy) is 1. The molecule has 156 valence electrons. The van der Waals surface area contributed by atoms with Gasteiger partial charge in [-0.2, -0.15) is 10.2 Å². The summed E-state index contributed by atoms with van der Waals surface area (Å²) in [6.45, 7) is 3.07. The van der Waals surface area contributed by atoms with Crippen LogP contribution < -0.4 is 10.3 Å². The minimum Gasteiger partial charge on any atom is -0.438 e. The van der Waals surface area contributed by atoms with Crippen molar-refractivity contribution in [3.05, 3.63) is 75.7 Å². The van der Waals surface area contributed by atoms with E-state index in [0.29, 0.717) is 24.5 Å². The van der Waals surface area contributed by atoms with Crippen molar-refractivity contribution in [2.24, 2.45) is 0 Å². The molecule has 7 heteroatoms. The minimum atomic E-state index is -0.404. The van der Waals surface area contributed by atoms with Crippen LogP contribution in [0.5, 0.6) is 11.6 Å². The average molecular weight is 414 g/mol. The maximum atomic E-state index is 13.3. The highest BCUT2D eigenvalue weighted by Crippen LogP contribution is 2.25. The van der Waals surface area contributed by atoms with Crippen LogP contribution in [0.3, 0.4) is 0 Å². The second-order valence-corrected chi connectivity index (χ2v) is 7.46. The summed E-state index contributed by atoms with van der Waals surface area (Å²) in [5, 5.41) is 9.68. The first kappa shape index (κ1) is 20.4. The lowest BCUT2D eigenvalue weighted by Crippen LogP contribution is -2.36. The van der Waals surface area contributed by atoms with Crippen molar-refractivity contribution in [1.29, 1.82) is 5.26 Å². The highest BCUT2D eigenvalue weighted by Gasteiger charge is 2.22. The molecule has 1 amide bonds. The standard InChI is InChI=1S/C24H22N4O3/c1-17-9-8-14-28-21(17)26-22(31-19-10-4-2-5-11-19)20(24(28)30)15-18(16-25)23(29)27-12-6-3-7-13-27/h2,4-5,8-11,14-15H,3,6-7,12-13H2,1H3/b18-15-. The van der Waals surface area contributed by atoms with Crippen LogP contribution in [0.4, 0.5) is 0 Å². The highest BCUT2D eigenvalue weighted by atomic mass is 16.5. The summed E-state index contributed by atoms with van der Waals surface area (Å²) in [5.41, 5.74) is 0.813. The number of carbonyl (C=O) groups excluding carboxylic acids is 1. The van der Waals surface area contributed by atoms with Gasteiger partial charge in [-0.05, 0) is 56.0 Å². The van der Waals surface area contributed by atoms with E-state index in [1.54, 1.807) is 29.3 Å². The van der Waals surface area contributed by atoms with Gasteiger partial charge in [0.2, 0.25) is 5.88 Å². The first-order valence-corrected chi connectivity index (χ1v) is 10.2. The fourth-order valence-electron chi connectivity index (χ4n) is 3.65. The van der Waals surface area contributed by atoms with Gasteiger partial charge in [0.15, 0.2) is 0 Å². The molecule has 0 aliphatic carbocycles. The molecule has 7 nitrogen and oxygen atoms in total. The Labute approximate surface area is 179 Å². The lowest BCUT2D eigenvalue weighted by atomic mass is 10.1. The monoisotopic (exact) mass is 414 g/mol. The molecule has 1 aromatic carbocycles. The average Bonchev–Trinajstić information content (AvgIpc) is 2.80. The predicted octanol–water partition coefficient (Wildman–Crippen LogP) is 3.71. The number of hydrogen-bond acceptors (Lipinski definition) is 5. The maximum absolute atomic E-state index is 13.3. The number of aromatic nitrogens is 2. The van der Waals surface area contributed by atoms with Crippen LogP contribution in [0.2, 0.25) is 0 Å².